The fraction of sp³-hybridized carbons (Fsp3) is 0. The molecule has 0 radical (unpaired) electrons. The van der Waals surface area contributed by atoms with Crippen LogP contribution in [0, 0.1) is 0 Å². The number of hydrogen-bond acceptors (Lipinski definition) is 6. The van der Waals surface area contributed by atoms with E-state index in [-0.39, 0.29) is 22.3 Å². The third kappa shape index (κ3) is 4.72. The summed E-state index contributed by atoms with van der Waals surface area (Å²) in [6.07, 6.45) is 0. The highest BCUT2D eigenvalue weighted by Gasteiger charge is 2.22. The Balaban J connectivity index is 0.00000364. The molecule has 0 aliphatic heterocycles. The normalized spacial score (nSPS) is 9.86. The zero-order valence-corrected chi connectivity index (χ0v) is 13.8. The molecule has 0 saturated carbocycles. The van der Waals surface area contributed by atoms with E-state index >= 15 is 0 Å². The Morgan fingerprint density at radius 2 is 0.893 bits per heavy atom. The van der Waals surface area contributed by atoms with Crippen molar-refractivity contribution < 1.29 is 50.6 Å². The second kappa shape index (κ2) is 9.51. The predicted molar refractivity (Wildman–Crippen MR) is 92.1 cm³/mol. The average molecular weight is 394 g/mol. The molecule has 0 aliphatic carbocycles. The van der Waals surface area contributed by atoms with Crippen LogP contribution in [-0.2, 0) is 0 Å². The van der Waals surface area contributed by atoms with E-state index in [2.05, 4.69) is 10.2 Å². The van der Waals surface area contributed by atoms with E-state index in [1.54, 1.807) is 0 Å². The lowest BCUT2D eigenvalue weighted by Crippen LogP contribution is -2.08. The molecule has 2 aromatic carbocycles. The van der Waals surface area contributed by atoms with E-state index in [4.69, 9.17) is 10.2 Å². The molecule has 0 heterocycles. The molecular weight excluding hydrogens is 380 g/mol. The maximum Gasteiger partial charge on any atom is 0.338 e. The minimum Gasteiger partial charge on any atom is -0.478 e. The lowest BCUT2D eigenvalue weighted by Gasteiger charge is -2.06. The van der Waals surface area contributed by atoms with Crippen molar-refractivity contribution in [2.24, 2.45) is 10.2 Å². The van der Waals surface area contributed by atoms with Gasteiger partial charge in [0.15, 0.2) is 0 Å². The van der Waals surface area contributed by atoms with Crippen LogP contribution in [0.4, 0.5) is 11.4 Å². The number of carboxylic acid groups (broad SMARTS) is 4. The van der Waals surface area contributed by atoms with Crippen LogP contribution in [0.15, 0.2) is 46.6 Å². The van der Waals surface area contributed by atoms with Crippen molar-refractivity contribution >= 4 is 35.3 Å². The summed E-state index contributed by atoms with van der Waals surface area (Å²) in [5.41, 5.74) is -2.95. The van der Waals surface area contributed by atoms with Gasteiger partial charge in [0.2, 0.25) is 0 Å². The molecule has 0 bridgehead atoms. The smallest absolute Gasteiger partial charge is 0.338 e. The van der Waals surface area contributed by atoms with E-state index < -0.39 is 46.1 Å². The van der Waals surface area contributed by atoms with Gasteiger partial charge in [0.25, 0.3) is 0 Å². The maximum atomic E-state index is 11.3. The minimum absolute atomic E-state index is 0. The molecule has 8 N–H and O–H groups in total. The fourth-order valence-corrected chi connectivity index (χ4v) is 2.16. The lowest BCUT2D eigenvalue weighted by atomic mass is 10.1. The van der Waals surface area contributed by atoms with Crippen molar-refractivity contribution in [3.05, 3.63) is 58.7 Å². The molecule has 0 fully saturated rings. The first kappa shape index (κ1) is 23.8. The van der Waals surface area contributed by atoms with E-state index in [0.29, 0.717) is 0 Å². The lowest BCUT2D eigenvalue weighted by molar-refractivity contribution is 0.0652. The van der Waals surface area contributed by atoms with Crippen molar-refractivity contribution in [1.82, 2.24) is 0 Å². The summed E-state index contributed by atoms with van der Waals surface area (Å²) in [6.45, 7) is 0. The Bertz CT molecular complexity index is 890. The van der Waals surface area contributed by atoms with Gasteiger partial charge < -0.3 is 31.4 Å². The number of carboxylic acids is 4. The van der Waals surface area contributed by atoms with E-state index in [9.17, 15) is 29.4 Å². The van der Waals surface area contributed by atoms with Gasteiger partial charge in [-0.1, -0.05) is 12.1 Å². The molecule has 28 heavy (non-hydrogen) atoms. The van der Waals surface area contributed by atoms with Gasteiger partial charge in [0.05, 0.1) is 11.1 Å². The van der Waals surface area contributed by atoms with Crippen molar-refractivity contribution in [2.75, 3.05) is 0 Å². The molecule has 0 saturated heterocycles. The predicted octanol–water partition coefficient (Wildman–Crippen LogP) is 1.25. The summed E-state index contributed by atoms with van der Waals surface area (Å²) in [4.78, 5) is 45.0. The molecule has 0 aromatic heterocycles. The second-order valence-corrected chi connectivity index (χ2v) is 4.82. The Kier molecular flexibility index (Phi) is 8.10. The minimum atomic E-state index is -1.56. The Hall–Kier alpha value is -4.16. The zero-order chi connectivity index (χ0) is 19.4. The zero-order valence-electron chi connectivity index (χ0n) is 13.8. The molecule has 0 aliphatic rings. The molecule has 0 atom stereocenters. The van der Waals surface area contributed by atoms with Gasteiger partial charge in [0, 0.05) is 0 Å². The second-order valence-electron chi connectivity index (χ2n) is 4.82. The van der Waals surface area contributed by atoms with Crippen molar-refractivity contribution in [2.45, 2.75) is 0 Å². The third-order valence-corrected chi connectivity index (χ3v) is 3.24. The van der Waals surface area contributed by atoms with Crippen LogP contribution in [0.5, 0.6) is 0 Å². The Labute approximate surface area is 155 Å². The van der Waals surface area contributed by atoms with Crippen LogP contribution in [0.3, 0.4) is 0 Å². The molecule has 0 spiro atoms. The van der Waals surface area contributed by atoms with Crippen LogP contribution >= 0.6 is 0 Å². The molecule has 2 rings (SSSR count). The number of azo groups is 1. The van der Waals surface area contributed by atoms with Crippen molar-refractivity contribution in [3.63, 3.8) is 0 Å². The SMILES string of the molecule is O.O.O=C(O)c1cccc(N=Nc2cccc(C(=O)O)c2C(=O)O)c1C(=O)O. The third-order valence-electron chi connectivity index (χ3n) is 3.24. The van der Waals surface area contributed by atoms with Crippen molar-refractivity contribution in [3.8, 4) is 0 Å². The fourth-order valence-electron chi connectivity index (χ4n) is 2.16. The van der Waals surface area contributed by atoms with E-state index in [1.165, 1.54) is 24.3 Å². The first-order valence-corrected chi connectivity index (χ1v) is 6.85. The molecule has 0 unspecified atom stereocenters. The standard InChI is InChI=1S/C16H10N2O8.2H2O/c19-13(20)7-3-1-5-9(11(7)15(23)24)17-18-10-6-2-4-8(14(21)22)12(10)16(25)26;;/h1-6H,(H,19,20)(H,21,22)(H,23,24)(H,25,26);2*1H2. The summed E-state index contributed by atoms with van der Waals surface area (Å²) >= 11 is 0. The van der Waals surface area contributed by atoms with Crippen LogP contribution in [0.1, 0.15) is 41.4 Å². The van der Waals surface area contributed by atoms with Gasteiger partial charge in [-0.3, -0.25) is 0 Å². The van der Waals surface area contributed by atoms with Gasteiger partial charge in [-0.15, -0.1) is 10.2 Å². The van der Waals surface area contributed by atoms with E-state index in [0.717, 1.165) is 12.1 Å². The molecule has 12 nitrogen and oxygen atoms in total. The van der Waals surface area contributed by atoms with Gasteiger partial charge >= 0.3 is 23.9 Å². The number of nitrogens with zero attached hydrogens (tertiary/aromatic N) is 2. The number of aromatic carboxylic acids is 4. The van der Waals surface area contributed by atoms with Gasteiger partial charge in [0.1, 0.15) is 22.5 Å². The number of carbonyl (C=O) groups is 4. The summed E-state index contributed by atoms with van der Waals surface area (Å²) in [7, 11) is 0. The Morgan fingerprint density at radius 1 is 0.571 bits per heavy atom. The highest BCUT2D eigenvalue weighted by atomic mass is 16.4. The van der Waals surface area contributed by atoms with Crippen LogP contribution in [-0.4, -0.2) is 55.3 Å². The summed E-state index contributed by atoms with van der Waals surface area (Å²) in [6, 6.07) is 6.99. The highest BCUT2D eigenvalue weighted by molar-refractivity contribution is 6.06. The highest BCUT2D eigenvalue weighted by Crippen LogP contribution is 2.28. The quantitative estimate of drug-likeness (QED) is 0.518. The van der Waals surface area contributed by atoms with E-state index in [1.807, 2.05) is 0 Å². The van der Waals surface area contributed by atoms with Crippen molar-refractivity contribution in [1.29, 1.82) is 0 Å². The molecule has 12 heteroatoms. The molecule has 0 amide bonds. The van der Waals surface area contributed by atoms with Crippen LogP contribution in [0.2, 0.25) is 0 Å². The topological polar surface area (TPSA) is 237 Å². The molecular formula is C16H14N2O10. The molecule has 148 valence electrons. The first-order chi connectivity index (χ1) is 12.2. The summed E-state index contributed by atoms with van der Waals surface area (Å²) in [5, 5.41) is 43.8. The van der Waals surface area contributed by atoms with Gasteiger partial charge in [-0.25, -0.2) is 19.2 Å². The van der Waals surface area contributed by atoms with Gasteiger partial charge in [-0.05, 0) is 24.3 Å². The number of rotatable bonds is 6. The average Bonchev–Trinajstić information content (AvgIpc) is 2.58. The first-order valence-electron chi connectivity index (χ1n) is 6.85. The van der Waals surface area contributed by atoms with Crippen LogP contribution < -0.4 is 0 Å². The largest absolute Gasteiger partial charge is 0.478 e. The number of benzene rings is 2. The maximum absolute atomic E-state index is 11.3. The summed E-state index contributed by atoms with van der Waals surface area (Å²) < 4.78 is 0. The Morgan fingerprint density at radius 3 is 1.14 bits per heavy atom. The van der Waals surface area contributed by atoms with Crippen LogP contribution in [0.25, 0.3) is 0 Å². The summed E-state index contributed by atoms with van der Waals surface area (Å²) in [5.74, 6) is -6.10. The van der Waals surface area contributed by atoms with Gasteiger partial charge in [-0.2, -0.15) is 0 Å². The monoisotopic (exact) mass is 394 g/mol. The number of hydrogen-bond donors (Lipinski definition) is 4. The molecule has 2 aromatic rings.